The fourth-order valence-corrected chi connectivity index (χ4v) is 1.45. The fraction of sp³-hybridized carbons (Fsp3) is 0.429. The van der Waals surface area contributed by atoms with Crippen molar-refractivity contribution in [3.05, 3.63) is 29.3 Å². The van der Waals surface area contributed by atoms with Crippen LogP contribution in [0.25, 0.3) is 0 Å². The molecule has 0 atom stereocenters. The van der Waals surface area contributed by atoms with Crippen LogP contribution in [0.3, 0.4) is 0 Å². The lowest BCUT2D eigenvalue weighted by molar-refractivity contribution is -0.123. The zero-order chi connectivity index (χ0) is 14.4. The molecule has 1 rings (SSSR count). The third kappa shape index (κ3) is 4.99. The van der Waals surface area contributed by atoms with Crippen LogP contribution in [0.1, 0.15) is 29.8 Å². The molecule has 1 aromatic rings. The van der Waals surface area contributed by atoms with Crippen molar-refractivity contribution in [2.75, 3.05) is 13.2 Å². The number of nitrogens with one attached hydrogen (secondary N) is 1. The predicted octanol–water partition coefficient (Wildman–Crippen LogP) is 1.84. The minimum atomic E-state index is -1.07. The Morgan fingerprint density at radius 1 is 1.37 bits per heavy atom. The molecule has 5 heteroatoms. The number of rotatable bonds is 6. The Kier molecular flexibility index (Phi) is 5.36. The van der Waals surface area contributed by atoms with Gasteiger partial charge in [0.05, 0.1) is 0 Å². The molecule has 0 aliphatic heterocycles. The van der Waals surface area contributed by atoms with E-state index < -0.39 is 5.97 Å². The molecule has 0 bridgehead atoms. The highest BCUT2D eigenvalue weighted by Crippen LogP contribution is 2.19. The van der Waals surface area contributed by atoms with Crippen molar-refractivity contribution in [2.45, 2.75) is 20.8 Å². The number of carbonyl (C=O) groups is 2. The van der Waals surface area contributed by atoms with Gasteiger partial charge in [-0.15, -0.1) is 0 Å². The van der Waals surface area contributed by atoms with Crippen LogP contribution in [-0.4, -0.2) is 30.1 Å². The molecule has 0 spiro atoms. The molecule has 5 nitrogen and oxygen atoms in total. The second-order valence-electron chi connectivity index (χ2n) is 4.79. The molecule has 0 aliphatic carbocycles. The maximum Gasteiger partial charge on any atom is 0.339 e. The zero-order valence-corrected chi connectivity index (χ0v) is 11.4. The van der Waals surface area contributed by atoms with Crippen LogP contribution >= 0.6 is 0 Å². The van der Waals surface area contributed by atoms with Crippen LogP contribution in [0.2, 0.25) is 0 Å². The first-order valence-corrected chi connectivity index (χ1v) is 6.13. The molecule has 0 aliphatic rings. The number of amides is 1. The molecule has 0 unspecified atom stereocenters. The highest BCUT2D eigenvalue weighted by molar-refractivity contribution is 5.91. The SMILES string of the molecule is Cc1ccc(OCC(=O)NCC(C)C)c(C(=O)O)c1. The van der Waals surface area contributed by atoms with Crippen LogP contribution < -0.4 is 10.1 Å². The summed E-state index contributed by atoms with van der Waals surface area (Å²) in [7, 11) is 0. The van der Waals surface area contributed by atoms with Crippen LogP contribution in [0.5, 0.6) is 5.75 Å². The fourth-order valence-electron chi connectivity index (χ4n) is 1.45. The molecule has 1 amide bonds. The van der Waals surface area contributed by atoms with E-state index in [-0.39, 0.29) is 23.8 Å². The molecule has 104 valence electrons. The second-order valence-corrected chi connectivity index (χ2v) is 4.79. The Morgan fingerprint density at radius 2 is 2.05 bits per heavy atom. The van der Waals surface area contributed by atoms with Crippen molar-refractivity contribution >= 4 is 11.9 Å². The summed E-state index contributed by atoms with van der Waals surface area (Å²) in [6.45, 7) is 6.16. The number of carboxylic acids is 1. The normalized spacial score (nSPS) is 10.3. The van der Waals surface area contributed by atoms with Gasteiger partial charge in [0.15, 0.2) is 6.61 Å². The van der Waals surface area contributed by atoms with Gasteiger partial charge in [-0.25, -0.2) is 4.79 Å². The van der Waals surface area contributed by atoms with E-state index >= 15 is 0 Å². The number of aromatic carboxylic acids is 1. The van der Waals surface area contributed by atoms with Gasteiger partial charge < -0.3 is 15.2 Å². The molecule has 1 aromatic carbocycles. The lowest BCUT2D eigenvalue weighted by Gasteiger charge is -2.11. The van der Waals surface area contributed by atoms with Gasteiger partial charge in [-0.1, -0.05) is 25.5 Å². The molecule has 0 fully saturated rings. The van der Waals surface area contributed by atoms with Crippen LogP contribution in [0, 0.1) is 12.8 Å². The van der Waals surface area contributed by atoms with Gasteiger partial charge in [0.1, 0.15) is 11.3 Å². The minimum absolute atomic E-state index is 0.0664. The van der Waals surface area contributed by atoms with E-state index in [1.807, 2.05) is 13.8 Å². The van der Waals surface area contributed by atoms with Gasteiger partial charge in [0.2, 0.25) is 0 Å². The zero-order valence-electron chi connectivity index (χ0n) is 11.4. The Morgan fingerprint density at radius 3 is 2.63 bits per heavy atom. The number of hydrogen-bond donors (Lipinski definition) is 2. The van der Waals surface area contributed by atoms with E-state index in [4.69, 9.17) is 9.84 Å². The van der Waals surface area contributed by atoms with Crippen molar-refractivity contribution in [1.82, 2.24) is 5.32 Å². The molecule has 0 heterocycles. The van der Waals surface area contributed by atoms with Gasteiger partial charge in [-0.3, -0.25) is 4.79 Å². The van der Waals surface area contributed by atoms with Gasteiger partial charge in [0.25, 0.3) is 5.91 Å². The van der Waals surface area contributed by atoms with Gasteiger partial charge >= 0.3 is 5.97 Å². The summed E-state index contributed by atoms with van der Waals surface area (Å²) in [5.74, 6) is -0.761. The summed E-state index contributed by atoms with van der Waals surface area (Å²) in [6, 6.07) is 4.83. The first kappa shape index (κ1) is 15.0. The predicted molar refractivity (Wildman–Crippen MR) is 71.5 cm³/mol. The molecule has 0 saturated carbocycles. The molecule has 0 radical (unpaired) electrons. The Hall–Kier alpha value is -2.04. The topological polar surface area (TPSA) is 75.6 Å². The first-order chi connectivity index (χ1) is 8.90. The highest BCUT2D eigenvalue weighted by atomic mass is 16.5. The second kappa shape index (κ2) is 6.78. The van der Waals surface area contributed by atoms with Crippen molar-refractivity contribution in [3.8, 4) is 5.75 Å². The summed E-state index contributed by atoms with van der Waals surface area (Å²) < 4.78 is 5.25. The molecular weight excluding hydrogens is 246 g/mol. The minimum Gasteiger partial charge on any atom is -0.483 e. The molecular formula is C14H19NO4. The highest BCUT2D eigenvalue weighted by Gasteiger charge is 2.12. The molecule has 19 heavy (non-hydrogen) atoms. The third-order valence-electron chi connectivity index (χ3n) is 2.43. The largest absolute Gasteiger partial charge is 0.483 e. The van der Waals surface area contributed by atoms with E-state index in [0.29, 0.717) is 12.5 Å². The van der Waals surface area contributed by atoms with Crippen LogP contribution in [-0.2, 0) is 4.79 Å². The van der Waals surface area contributed by atoms with Crippen molar-refractivity contribution in [2.24, 2.45) is 5.92 Å². The van der Waals surface area contributed by atoms with E-state index in [1.54, 1.807) is 19.1 Å². The van der Waals surface area contributed by atoms with E-state index in [2.05, 4.69) is 5.32 Å². The smallest absolute Gasteiger partial charge is 0.339 e. The quantitative estimate of drug-likeness (QED) is 0.823. The first-order valence-electron chi connectivity index (χ1n) is 6.13. The van der Waals surface area contributed by atoms with Crippen molar-refractivity contribution in [3.63, 3.8) is 0 Å². The Balaban J connectivity index is 2.62. The maximum atomic E-state index is 11.5. The average Bonchev–Trinajstić information content (AvgIpc) is 2.34. The monoisotopic (exact) mass is 265 g/mol. The number of ether oxygens (including phenoxy) is 1. The van der Waals surface area contributed by atoms with Crippen LogP contribution in [0.4, 0.5) is 0 Å². The number of carbonyl (C=O) groups excluding carboxylic acids is 1. The average molecular weight is 265 g/mol. The molecule has 0 saturated heterocycles. The summed E-state index contributed by atoms with van der Waals surface area (Å²) >= 11 is 0. The number of benzene rings is 1. The lowest BCUT2D eigenvalue weighted by Crippen LogP contribution is -2.31. The standard InChI is InChI=1S/C14H19NO4/c1-9(2)7-15-13(16)8-19-12-5-4-10(3)6-11(12)14(17)18/h4-6,9H,7-8H2,1-3H3,(H,15,16)(H,17,18). The van der Waals surface area contributed by atoms with Crippen molar-refractivity contribution < 1.29 is 19.4 Å². The summed E-state index contributed by atoms with van der Waals surface area (Å²) in [5.41, 5.74) is 0.894. The summed E-state index contributed by atoms with van der Waals surface area (Å²) in [6.07, 6.45) is 0. The molecule has 0 aromatic heterocycles. The lowest BCUT2D eigenvalue weighted by atomic mass is 10.1. The Bertz CT molecular complexity index is 469. The van der Waals surface area contributed by atoms with E-state index in [1.165, 1.54) is 6.07 Å². The van der Waals surface area contributed by atoms with E-state index in [0.717, 1.165) is 5.56 Å². The maximum absolute atomic E-state index is 11.5. The van der Waals surface area contributed by atoms with Gasteiger partial charge in [0, 0.05) is 6.54 Å². The van der Waals surface area contributed by atoms with Gasteiger partial charge in [-0.2, -0.15) is 0 Å². The molecule has 2 N–H and O–H groups in total. The Labute approximate surface area is 112 Å². The summed E-state index contributed by atoms with van der Waals surface area (Å²) in [5, 5.41) is 11.8. The summed E-state index contributed by atoms with van der Waals surface area (Å²) in [4.78, 5) is 22.5. The third-order valence-corrected chi connectivity index (χ3v) is 2.43. The van der Waals surface area contributed by atoms with Gasteiger partial charge in [-0.05, 0) is 25.0 Å². The number of aryl methyl sites for hydroxylation is 1. The number of carboxylic acid groups (broad SMARTS) is 1. The number of hydrogen-bond acceptors (Lipinski definition) is 3. The van der Waals surface area contributed by atoms with E-state index in [9.17, 15) is 9.59 Å². The van der Waals surface area contributed by atoms with Crippen LogP contribution in [0.15, 0.2) is 18.2 Å². The van der Waals surface area contributed by atoms with Crippen molar-refractivity contribution in [1.29, 1.82) is 0 Å².